The lowest BCUT2D eigenvalue weighted by Gasteiger charge is -2.28. The number of phenolic OH excluding ortho intramolecular Hbond substituents is 1. The third kappa shape index (κ3) is 8.61. The molecule has 162 valence electrons. The van der Waals surface area contributed by atoms with Gasteiger partial charge in [0.05, 0.1) is 5.92 Å². The Hall–Kier alpha value is -1.59. The van der Waals surface area contributed by atoms with E-state index in [1.165, 1.54) is 0 Å². The molecule has 0 bridgehead atoms. The van der Waals surface area contributed by atoms with Crippen molar-refractivity contribution in [3.8, 4) is 5.75 Å². The summed E-state index contributed by atoms with van der Waals surface area (Å²) in [5.74, 6) is -1.15. The molecule has 0 aliphatic carbocycles. The Morgan fingerprint density at radius 2 is 1.21 bits per heavy atom. The summed E-state index contributed by atoms with van der Waals surface area (Å²) in [6.07, 6.45) is 3.83. The molecule has 0 aliphatic heterocycles. The maximum Gasteiger partial charge on any atom is 0.310 e. The first-order chi connectivity index (χ1) is 12.8. The number of unbranched alkanes of at least 4 members (excludes halogenated alkanes) is 3. The van der Waals surface area contributed by atoms with Crippen molar-refractivity contribution in [1.29, 1.82) is 0 Å². The summed E-state index contributed by atoms with van der Waals surface area (Å²) in [5, 5.41) is 36.4. The van der Waals surface area contributed by atoms with E-state index in [4.69, 9.17) is 10.2 Å². The smallest absolute Gasteiger partial charge is 0.310 e. The molecule has 28 heavy (non-hydrogen) atoms. The number of aliphatic hydroxyl groups is 2. The number of aliphatic hydroxyl groups excluding tert-OH is 2. The molecule has 5 heteroatoms. The maximum atomic E-state index is 11.2. The first-order valence-electron chi connectivity index (χ1n) is 10.1. The quantitative estimate of drug-likeness (QED) is 0.501. The van der Waals surface area contributed by atoms with Crippen LogP contribution in [0.2, 0.25) is 0 Å². The minimum atomic E-state index is -0.851. The van der Waals surface area contributed by atoms with Gasteiger partial charge in [0.1, 0.15) is 5.75 Å². The van der Waals surface area contributed by atoms with Crippen LogP contribution in [0.4, 0.5) is 0 Å². The Bertz CT molecular complexity index is 567. The largest absolute Gasteiger partial charge is 0.507 e. The van der Waals surface area contributed by atoms with Crippen molar-refractivity contribution >= 4 is 5.97 Å². The molecule has 0 aliphatic rings. The van der Waals surface area contributed by atoms with Gasteiger partial charge < -0.3 is 20.4 Å². The number of carboxylic acids is 1. The minimum Gasteiger partial charge on any atom is -0.507 e. The van der Waals surface area contributed by atoms with Gasteiger partial charge >= 0.3 is 5.97 Å². The molecule has 0 amide bonds. The number of carbonyl (C=O) groups is 1. The van der Waals surface area contributed by atoms with Gasteiger partial charge in [-0.2, -0.15) is 0 Å². The molecule has 1 rings (SSSR count). The lowest BCUT2D eigenvalue weighted by molar-refractivity contribution is -0.138. The van der Waals surface area contributed by atoms with Crippen LogP contribution in [-0.2, 0) is 15.6 Å². The lowest BCUT2D eigenvalue weighted by atomic mass is 9.77. The van der Waals surface area contributed by atoms with Crippen molar-refractivity contribution in [3.63, 3.8) is 0 Å². The van der Waals surface area contributed by atoms with Crippen LogP contribution in [-0.4, -0.2) is 39.6 Å². The monoisotopic (exact) mass is 396 g/mol. The molecule has 0 saturated carbocycles. The maximum absolute atomic E-state index is 11.2. The number of carboxylic acid groups (broad SMARTS) is 1. The van der Waals surface area contributed by atoms with Crippen LogP contribution in [0.3, 0.4) is 0 Å². The highest BCUT2D eigenvalue weighted by molar-refractivity contribution is 5.76. The first kappa shape index (κ1) is 26.4. The van der Waals surface area contributed by atoms with Gasteiger partial charge in [0, 0.05) is 13.2 Å². The van der Waals surface area contributed by atoms with Crippen LogP contribution >= 0.6 is 0 Å². The highest BCUT2D eigenvalue weighted by Gasteiger charge is 2.28. The standard InChI is InChI=1S/C17H26O3.C6H14O2/c1-10(15(19)20)11-8-12(16(2,3)4)14(18)13(9-11)17(5,6)7;7-5-3-1-2-4-6-8/h8-10,18H,1-7H3,(H,19,20);7-8H,1-6H2. The van der Waals surface area contributed by atoms with Crippen LogP contribution in [0.15, 0.2) is 12.1 Å². The van der Waals surface area contributed by atoms with Crippen molar-refractivity contribution in [3.05, 3.63) is 28.8 Å². The number of rotatable bonds is 7. The summed E-state index contributed by atoms with van der Waals surface area (Å²) in [7, 11) is 0. The van der Waals surface area contributed by atoms with Gasteiger partial charge in [-0.25, -0.2) is 0 Å². The Labute approximate surface area is 170 Å². The summed E-state index contributed by atoms with van der Waals surface area (Å²) in [6.45, 7) is 14.3. The first-order valence-corrected chi connectivity index (χ1v) is 10.1. The fraction of sp³-hybridized carbons (Fsp3) is 0.696. The van der Waals surface area contributed by atoms with Gasteiger partial charge in [-0.15, -0.1) is 0 Å². The average molecular weight is 397 g/mol. The average Bonchev–Trinajstić information content (AvgIpc) is 2.56. The predicted octanol–water partition coefficient (Wildman–Crippen LogP) is 4.71. The third-order valence-electron chi connectivity index (χ3n) is 4.68. The van der Waals surface area contributed by atoms with Gasteiger partial charge in [0.25, 0.3) is 0 Å². The van der Waals surface area contributed by atoms with Gasteiger partial charge in [-0.05, 0) is 47.3 Å². The van der Waals surface area contributed by atoms with Crippen LogP contribution in [0.5, 0.6) is 5.75 Å². The van der Waals surface area contributed by atoms with E-state index in [1.807, 2.05) is 53.7 Å². The molecule has 0 fully saturated rings. The molecular weight excluding hydrogens is 356 g/mol. The highest BCUT2D eigenvalue weighted by atomic mass is 16.4. The Morgan fingerprint density at radius 3 is 1.46 bits per heavy atom. The molecular formula is C23H40O5. The van der Waals surface area contributed by atoms with Gasteiger partial charge in [-0.3, -0.25) is 4.79 Å². The Kier molecular flexibility index (Phi) is 10.8. The molecule has 5 nitrogen and oxygen atoms in total. The van der Waals surface area contributed by atoms with Crippen LogP contribution in [0, 0.1) is 0 Å². The fourth-order valence-electron chi connectivity index (χ4n) is 2.77. The van der Waals surface area contributed by atoms with Crippen molar-refractivity contribution in [2.24, 2.45) is 0 Å². The number of hydrogen-bond acceptors (Lipinski definition) is 4. The molecule has 0 heterocycles. The van der Waals surface area contributed by atoms with E-state index in [0.717, 1.165) is 42.4 Å². The van der Waals surface area contributed by atoms with E-state index in [0.29, 0.717) is 0 Å². The predicted molar refractivity (Wildman–Crippen MR) is 114 cm³/mol. The van der Waals surface area contributed by atoms with Crippen molar-refractivity contribution in [1.82, 2.24) is 0 Å². The van der Waals surface area contributed by atoms with Crippen LogP contribution in [0.1, 0.15) is 96.8 Å². The second-order valence-corrected chi connectivity index (χ2v) is 9.39. The fourth-order valence-corrected chi connectivity index (χ4v) is 2.77. The zero-order valence-corrected chi connectivity index (χ0v) is 18.7. The Balaban J connectivity index is 0.000000769. The lowest BCUT2D eigenvalue weighted by Crippen LogP contribution is -2.19. The molecule has 0 aromatic heterocycles. The molecule has 0 radical (unpaired) electrons. The number of hydrogen-bond donors (Lipinski definition) is 4. The molecule has 1 atom stereocenters. The molecule has 1 aromatic carbocycles. The highest BCUT2D eigenvalue weighted by Crippen LogP contribution is 2.41. The summed E-state index contributed by atoms with van der Waals surface area (Å²) in [5.41, 5.74) is 1.86. The van der Waals surface area contributed by atoms with Gasteiger partial charge in [0.2, 0.25) is 0 Å². The minimum absolute atomic E-state index is 0.238. The molecule has 4 N–H and O–H groups in total. The van der Waals surface area contributed by atoms with E-state index >= 15 is 0 Å². The van der Waals surface area contributed by atoms with Crippen LogP contribution in [0.25, 0.3) is 0 Å². The van der Waals surface area contributed by atoms with Gasteiger partial charge in [-0.1, -0.05) is 66.5 Å². The van der Waals surface area contributed by atoms with E-state index < -0.39 is 11.9 Å². The second kappa shape index (κ2) is 11.4. The number of benzene rings is 1. The second-order valence-electron chi connectivity index (χ2n) is 9.39. The molecule has 0 spiro atoms. The van der Waals surface area contributed by atoms with E-state index in [9.17, 15) is 15.0 Å². The van der Waals surface area contributed by atoms with Crippen molar-refractivity contribution < 1.29 is 25.2 Å². The number of aromatic hydroxyl groups is 1. The van der Waals surface area contributed by atoms with E-state index in [2.05, 4.69) is 0 Å². The SMILES string of the molecule is CC(C(=O)O)c1cc(C(C)(C)C)c(O)c(C(C)(C)C)c1.OCCCCCCO. The summed E-state index contributed by atoms with van der Waals surface area (Å²) in [6, 6.07) is 3.65. The van der Waals surface area contributed by atoms with Crippen LogP contribution < -0.4 is 0 Å². The molecule has 1 unspecified atom stereocenters. The van der Waals surface area contributed by atoms with E-state index in [1.54, 1.807) is 6.92 Å². The Morgan fingerprint density at radius 1 is 0.857 bits per heavy atom. The normalized spacial score (nSPS) is 12.9. The molecule has 0 saturated heterocycles. The zero-order valence-electron chi connectivity index (χ0n) is 18.7. The topological polar surface area (TPSA) is 98.0 Å². The van der Waals surface area contributed by atoms with Crippen molar-refractivity contribution in [2.75, 3.05) is 13.2 Å². The van der Waals surface area contributed by atoms with Crippen molar-refractivity contribution in [2.45, 2.75) is 90.9 Å². The summed E-state index contributed by atoms with van der Waals surface area (Å²) < 4.78 is 0. The third-order valence-corrected chi connectivity index (χ3v) is 4.68. The zero-order chi connectivity index (χ0) is 22.1. The number of aliphatic carboxylic acids is 1. The number of phenols is 1. The molecule has 1 aromatic rings. The summed E-state index contributed by atoms with van der Waals surface area (Å²) >= 11 is 0. The van der Waals surface area contributed by atoms with Gasteiger partial charge in [0.15, 0.2) is 0 Å². The summed E-state index contributed by atoms with van der Waals surface area (Å²) in [4.78, 5) is 11.2. The van der Waals surface area contributed by atoms with E-state index in [-0.39, 0.29) is 29.8 Å².